The van der Waals surface area contributed by atoms with Gasteiger partial charge in [0.05, 0.1) is 17.3 Å². The Morgan fingerprint density at radius 3 is 2.29 bits per heavy atom. The molecule has 1 N–H and O–H groups in total. The van der Waals surface area contributed by atoms with Crippen molar-refractivity contribution in [1.82, 2.24) is 5.43 Å². The Morgan fingerprint density at radius 2 is 1.62 bits per heavy atom. The maximum absolute atomic E-state index is 12.9. The second kappa shape index (κ2) is 10.4. The van der Waals surface area contributed by atoms with Gasteiger partial charge in [0, 0.05) is 15.6 Å². The largest absolute Gasteiger partial charge is 0.490 e. The van der Waals surface area contributed by atoms with E-state index in [0.717, 1.165) is 0 Å². The van der Waals surface area contributed by atoms with E-state index in [9.17, 15) is 9.59 Å². The van der Waals surface area contributed by atoms with Gasteiger partial charge in [-0.05, 0) is 55.0 Å². The van der Waals surface area contributed by atoms with Crippen molar-refractivity contribution in [3.05, 3.63) is 92.4 Å². The van der Waals surface area contributed by atoms with Crippen molar-refractivity contribution in [2.45, 2.75) is 13.5 Å². The van der Waals surface area contributed by atoms with Crippen LogP contribution in [0.2, 0.25) is 15.1 Å². The summed E-state index contributed by atoms with van der Waals surface area (Å²) >= 11 is 19.0. The van der Waals surface area contributed by atoms with Crippen LogP contribution in [-0.2, 0) is 16.2 Å². The molecule has 174 valence electrons. The fourth-order valence-corrected chi connectivity index (χ4v) is 4.15. The van der Waals surface area contributed by atoms with Crippen molar-refractivity contribution in [3.63, 3.8) is 0 Å². The molecular formula is C25H19Cl3N2O4. The molecule has 9 heteroatoms. The molecule has 1 aliphatic heterocycles. The van der Waals surface area contributed by atoms with Crippen LogP contribution < -0.4 is 19.9 Å². The smallest absolute Gasteiger partial charge is 0.282 e. The van der Waals surface area contributed by atoms with Gasteiger partial charge in [-0.1, -0.05) is 59.1 Å². The van der Waals surface area contributed by atoms with Crippen LogP contribution in [0.3, 0.4) is 0 Å². The fraction of sp³-hybridized carbons (Fsp3) is 0.120. The van der Waals surface area contributed by atoms with Gasteiger partial charge in [-0.3, -0.25) is 15.0 Å². The highest BCUT2D eigenvalue weighted by Gasteiger charge is 2.34. The minimum atomic E-state index is -0.517. The Morgan fingerprint density at radius 1 is 0.912 bits per heavy atom. The van der Waals surface area contributed by atoms with Gasteiger partial charge in [0.2, 0.25) is 0 Å². The molecule has 0 bridgehead atoms. The molecule has 1 aliphatic rings. The lowest BCUT2D eigenvalue weighted by atomic mass is 10.1. The number of carbonyl (C=O) groups is 2. The van der Waals surface area contributed by atoms with Gasteiger partial charge in [-0.2, -0.15) is 0 Å². The van der Waals surface area contributed by atoms with Gasteiger partial charge in [-0.15, -0.1) is 0 Å². The molecule has 0 aliphatic carbocycles. The van der Waals surface area contributed by atoms with E-state index in [4.69, 9.17) is 44.3 Å². The van der Waals surface area contributed by atoms with Crippen molar-refractivity contribution in [3.8, 4) is 11.5 Å². The zero-order chi connectivity index (χ0) is 24.2. The van der Waals surface area contributed by atoms with E-state index in [1.165, 1.54) is 11.1 Å². The third kappa shape index (κ3) is 4.99. The number of benzene rings is 3. The zero-order valence-electron chi connectivity index (χ0n) is 18.0. The second-order valence-electron chi connectivity index (χ2n) is 7.23. The van der Waals surface area contributed by atoms with Gasteiger partial charge in [-0.25, -0.2) is 5.01 Å². The maximum Gasteiger partial charge on any atom is 0.282 e. The zero-order valence-corrected chi connectivity index (χ0v) is 20.2. The standard InChI is InChI=1S/C25H19Cl3N2O4/c1-2-33-22-13-15(11-17-24(31)29-30(25(17)32)16-7-4-3-5-8-16)12-21(28)23(22)34-14-18-19(26)9-6-10-20(18)27/h3-13H,2,14H2,1H3,(H,29,31)/b17-11-. The molecule has 0 unspecified atom stereocenters. The molecule has 2 amide bonds. The summed E-state index contributed by atoms with van der Waals surface area (Å²) in [5.74, 6) is -0.332. The van der Waals surface area contributed by atoms with Crippen LogP contribution in [0.1, 0.15) is 18.1 Å². The molecule has 0 radical (unpaired) electrons. The Balaban J connectivity index is 1.63. The molecule has 1 saturated heterocycles. The lowest BCUT2D eigenvalue weighted by Gasteiger charge is -2.16. The van der Waals surface area contributed by atoms with Gasteiger partial charge in [0.15, 0.2) is 11.5 Å². The van der Waals surface area contributed by atoms with Crippen LogP contribution in [0.5, 0.6) is 11.5 Å². The monoisotopic (exact) mass is 516 g/mol. The van der Waals surface area contributed by atoms with E-state index < -0.39 is 11.8 Å². The molecule has 1 fully saturated rings. The molecule has 0 saturated carbocycles. The second-order valence-corrected chi connectivity index (χ2v) is 8.45. The topological polar surface area (TPSA) is 67.9 Å². The number of rotatable bonds is 7. The Hall–Kier alpha value is -3.19. The van der Waals surface area contributed by atoms with E-state index in [1.54, 1.807) is 54.6 Å². The van der Waals surface area contributed by atoms with Crippen molar-refractivity contribution < 1.29 is 19.1 Å². The number of nitrogens with one attached hydrogen (secondary N) is 1. The highest BCUT2D eigenvalue weighted by atomic mass is 35.5. The molecule has 0 aromatic heterocycles. The molecule has 3 aromatic rings. The summed E-state index contributed by atoms with van der Waals surface area (Å²) in [6.45, 7) is 2.24. The predicted molar refractivity (Wildman–Crippen MR) is 133 cm³/mol. The van der Waals surface area contributed by atoms with Crippen LogP contribution in [0.4, 0.5) is 5.69 Å². The fourth-order valence-electron chi connectivity index (χ4n) is 3.37. The van der Waals surface area contributed by atoms with E-state index in [0.29, 0.717) is 45.0 Å². The first kappa shape index (κ1) is 24.0. The van der Waals surface area contributed by atoms with Gasteiger partial charge < -0.3 is 9.47 Å². The van der Waals surface area contributed by atoms with E-state index in [2.05, 4.69) is 5.43 Å². The summed E-state index contributed by atoms with van der Waals surface area (Å²) < 4.78 is 11.6. The minimum absolute atomic E-state index is 0.0288. The molecule has 34 heavy (non-hydrogen) atoms. The molecule has 6 nitrogen and oxygen atoms in total. The van der Waals surface area contributed by atoms with Crippen LogP contribution >= 0.6 is 34.8 Å². The third-order valence-corrected chi connectivity index (χ3v) is 5.96. The molecular weight excluding hydrogens is 499 g/mol. The first-order valence-corrected chi connectivity index (χ1v) is 11.5. The number of carbonyl (C=O) groups excluding carboxylic acids is 2. The highest BCUT2D eigenvalue weighted by molar-refractivity contribution is 6.36. The number of halogens is 3. The number of hydrazine groups is 1. The number of amides is 2. The van der Waals surface area contributed by atoms with Crippen LogP contribution in [0.15, 0.2) is 66.2 Å². The van der Waals surface area contributed by atoms with Crippen molar-refractivity contribution >= 4 is 58.4 Å². The summed E-state index contributed by atoms with van der Waals surface area (Å²) in [6, 6.07) is 17.2. The first-order chi connectivity index (χ1) is 16.4. The molecule has 4 rings (SSSR count). The van der Waals surface area contributed by atoms with E-state index in [1.807, 2.05) is 13.0 Å². The third-order valence-electron chi connectivity index (χ3n) is 4.97. The quantitative estimate of drug-likeness (QED) is 0.304. The maximum atomic E-state index is 12.9. The average molecular weight is 518 g/mol. The lowest BCUT2D eigenvalue weighted by Crippen LogP contribution is -2.35. The number of anilines is 1. The Bertz CT molecular complexity index is 1260. The predicted octanol–water partition coefficient (Wildman–Crippen LogP) is 6.09. The van der Waals surface area contributed by atoms with Crippen LogP contribution in [0.25, 0.3) is 6.08 Å². The normalized spacial score (nSPS) is 14.5. The summed E-state index contributed by atoms with van der Waals surface area (Å²) in [6.07, 6.45) is 1.46. The Labute approximate surface area is 211 Å². The summed E-state index contributed by atoms with van der Waals surface area (Å²) in [5, 5.41) is 2.38. The molecule has 0 spiro atoms. The molecule has 3 aromatic carbocycles. The molecule has 1 heterocycles. The Kier molecular flexibility index (Phi) is 7.32. The average Bonchev–Trinajstić information content (AvgIpc) is 3.09. The van der Waals surface area contributed by atoms with E-state index in [-0.39, 0.29) is 17.2 Å². The van der Waals surface area contributed by atoms with Gasteiger partial charge >= 0.3 is 0 Å². The SMILES string of the molecule is CCOc1cc(/C=C2/C(=O)NN(c3ccccc3)C2=O)cc(Cl)c1OCc1c(Cl)cccc1Cl. The van der Waals surface area contributed by atoms with Crippen molar-refractivity contribution in [2.24, 2.45) is 0 Å². The number of hydrogen-bond donors (Lipinski definition) is 1. The summed E-state index contributed by atoms with van der Waals surface area (Å²) in [5.41, 5.74) is 4.21. The van der Waals surface area contributed by atoms with Gasteiger partial charge in [0.25, 0.3) is 11.8 Å². The van der Waals surface area contributed by atoms with Crippen molar-refractivity contribution in [2.75, 3.05) is 11.6 Å². The molecule has 0 atom stereocenters. The number of para-hydroxylation sites is 1. The first-order valence-electron chi connectivity index (χ1n) is 10.3. The number of hydrogen-bond acceptors (Lipinski definition) is 4. The number of nitrogens with zero attached hydrogens (tertiary/aromatic N) is 1. The lowest BCUT2D eigenvalue weighted by molar-refractivity contribution is -0.117. The number of ether oxygens (including phenoxy) is 2. The van der Waals surface area contributed by atoms with Gasteiger partial charge in [0.1, 0.15) is 12.2 Å². The highest BCUT2D eigenvalue weighted by Crippen LogP contribution is 2.39. The van der Waals surface area contributed by atoms with Crippen LogP contribution in [-0.4, -0.2) is 18.4 Å². The van der Waals surface area contributed by atoms with E-state index >= 15 is 0 Å². The minimum Gasteiger partial charge on any atom is -0.490 e. The summed E-state index contributed by atoms with van der Waals surface area (Å²) in [4.78, 5) is 25.4. The van der Waals surface area contributed by atoms with Crippen LogP contribution in [0, 0.1) is 0 Å². The van der Waals surface area contributed by atoms with Crippen molar-refractivity contribution in [1.29, 1.82) is 0 Å². The summed E-state index contributed by atoms with van der Waals surface area (Å²) in [7, 11) is 0.